The monoisotopic (exact) mass is 197 g/mol. The van der Waals surface area contributed by atoms with Crippen molar-refractivity contribution in [3.05, 3.63) is 23.3 Å². The van der Waals surface area contributed by atoms with Crippen molar-refractivity contribution >= 4 is 0 Å². The Morgan fingerprint density at radius 2 is 2.14 bits per heavy atom. The van der Waals surface area contributed by atoms with Crippen molar-refractivity contribution < 1.29 is 14.9 Å². The van der Waals surface area contributed by atoms with Gasteiger partial charge >= 0.3 is 0 Å². The van der Waals surface area contributed by atoms with E-state index in [-0.39, 0.29) is 12.4 Å². The summed E-state index contributed by atoms with van der Waals surface area (Å²) in [6.07, 6.45) is 0. The van der Waals surface area contributed by atoms with Gasteiger partial charge in [0.15, 0.2) is 11.5 Å². The van der Waals surface area contributed by atoms with Gasteiger partial charge in [0.05, 0.1) is 19.8 Å². The minimum absolute atomic E-state index is 0.0476. The number of aliphatic hydroxyl groups is 1. The average Bonchev–Trinajstić information content (AvgIpc) is 2.16. The summed E-state index contributed by atoms with van der Waals surface area (Å²) >= 11 is 0. The zero-order valence-corrected chi connectivity index (χ0v) is 8.32. The quantitative estimate of drug-likeness (QED) is 0.666. The van der Waals surface area contributed by atoms with E-state index in [1.54, 1.807) is 6.07 Å². The molecule has 1 rings (SSSR count). The second kappa shape index (κ2) is 4.30. The molecule has 4 N–H and O–H groups in total. The predicted molar refractivity (Wildman–Crippen MR) is 53.4 cm³/mol. The van der Waals surface area contributed by atoms with Crippen LogP contribution >= 0.6 is 0 Å². The SMILES string of the molecule is COc1c(C)cc(C(N)CO)cc1O. The Morgan fingerprint density at radius 1 is 1.50 bits per heavy atom. The number of aryl methyl sites for hydroxylation is 1. The Morgan fingerprint density at radius 3 is 2.57 bits per heavy atom. The molecule has 0 aromatic heterocycles. The molecule has 1 aromatic rings. The van der Waals surface area contributed by atoms with Gasteiger partial charge < -0.3 is 20.7 Å². The van der Waals surface area contributed by atoms with Gasteiger partial charge in [-0.05, 0) is 24.1 Å². The Labute approximate surface area is 82.9 Å². The van der Waals surface area contributed by atoms with Crippen molar-refractivity contribution in [2.75, 3.05) is 13.7 Å². The van der Waals surface area contributed by atoms with E-state index in [1.807, 2.05) is 6.92 Å². The third-order valence-corrected chi connectivity index (χ3v) is 2.11. The highest BCUT2D eigenvalue weighted by atomic mass is 16.5. The van der Waals surface area contributed by atoms with Gasteiger partial charge in [-0.25, -0.2) is 0 Å². The Kier molecular flexibility index (Phi) is 3.33. The van der Waals surface area contributed by atoms with E-state index in [9.17, 15) is 5.11 Å². The minimum Gasteiger partial charge on any atom is -0.504 e. The summed E-state index contributed by atoms with van der Waals surface area (Å²) in [6, 6.07) is 2.83. The molecule has 0 aliphatic rings. The van der Waals surface area contributed by atoms with Crippen LogP contribution in [0.3, 0.4) is 0 Å². The van der Waals surface area contributed by atoms with E-state index in [1.165, 1.54) is 13.2 Å². The molecular formula is C10H15NO3. The van der Waals surface area contributed by atoms with Crippen LogP contribution in [0.25, 0.3) is 0 Å². The highest BCUT2D eigenvalue weighted by molar-refractivity contribution is 5.48. The van der Waals surface area contributed by atoms with Gasteiger partial charge in [0.25, 0.3) is 0 Å². The number of nitrogens with two attached hydrogens (primary N) is 1. The number of hydrogen-bond donors (Lipinski definition) is 3. The summed E-state index contributed by atoms with van der Waals surface area (Å²) in [5, 5.41) is 18.4. The first kappa shape index (κ1) is 10.8. The fourth-order valence-corrected chi connectivity index (χ4v) is 1.37. The fraction of sp³-hybridized carbons (Fsp3) is 0.400. The third-order valence-electron chi connectivity index (χ3n) is 2.11. The normalized spacial score (nSPS) is 12.6. The molecule has 0 saturated heterocycles. The van der Waals surface area contributed by atoms with Crippen LogP contribution in [0.5, 0.6) is 11.5 Å². The van der Waals surface area contributed by atoms with Crippen molar-refractivity contribution in [3.63, 3.8) is 0 Å². The number of methoxy groups -OCH3 is 1. The van der Waals surface area contributed by atoms with E-state index in [2.05, 4.69) is 0 Å². The summed E-state index contributed by atoms with van der Waals surface area (Å²) in [7, 11) is 1.49. The number of aliphatic hydroxyl groups excluding tert-OH is 1. The first-order chi connectivity index (χ1) is 6.60. The van der Waals surface area contributed by atoms with Gasteiger partial charge in [-0.2, -0.15) is 0 Å². The van der Waals surface area contributed by atoms with E-state index in [0.717, 1.165) is 5.56 Å². The second-order valence-electron chi connectivity index (χ2n) is 3.18. The topological polar surface area (TPSA) is 75.7 Å². The van der Waals surface area contributed by atoms with E-state index in [4.69, 9.17) is 15.6 Å². The third kappa shape index (κ3) is 1.97. The summed E-state index contributed by atoms with van der Waals surface area (Å²) in [5.74, 6) is 0.491. The van der Waals surface area contributed by atoms with E-state index in [0.29, 0.717) is 11.3 Å². The molecule has 0 fully saturated rings. The van der Waals surface area contributed by atoms with E-state index >= 15 is 0 Å². The summed E-state index contributed by atoms with van der Waals surface area (Å²) in [6.45, 7) is 1.66. The Bertz CT molecular complexity index is 302. The number of ether oxygens (including phenoxy) is 1. The van der Waals surface area contributed by atoms with Crippen LogP contribution in [0, 0.1) is 6.92 Å². The maximum Gasteiger partial charge on any atom is 0.163 e. The molecule has 0 saturated carbocycles. The molecule has 1 unspecified atom stereocenters. The molecule has 4 nitrogen and oxygen atoms in total. The minimum atomic E-state index is -0.467. The van der Waals surface area contributed by atoms with Crippen molar-refractivity contribution in [3.8, 4) is 11.5 Å². The van der Waals surface area contributed by atoms with Gasteiger partial charge in [-0.3, -0.25) is 0 Å². The van der Waals surface area contributed by atoms with E-state index < -0.39 is 6.04 Å². The number of rotatable bonds is 3. The van der Waals surface area contributed by atoms with Crippen LogP contribution in [0.15, 0.2) is 12.1 Å². The molecule has 0 amide bonds. The van der Waals surface area contributed by atoms with Crippen molar-refractivity contribution in [2.45, 2.75) is 13.0 Å². The first-order valence-electron chi connectivity index (χ1n) is 4.34. The molecule has 4 heteroatoms. The molecule has 0 aliphatic heterocycles. The zero-order chi connectivity index (χ0) is 10.7. The maximum atomic E-state index is 9.55. The lowest BCUT2D eigenvalue weighted by Gasteiger charge is -2.13. The van der Waals surface area contributed by atoms with Gasteiger partial charge in [-0.1, -0.05) is 6.07 Å². The average molecular weight is 197 g/mol. The second-order valence-corrected chi connectivity index (χ2v) is 3.18. The highest BCUT2D eigenvalue weighted by Gasteiger charge is 2.11. The van der Waals surface area contributed by atoms with Crippen LogP contribution in [-0.4, -0.2) is 23.9 Å². The first-order valence-corrected chi connectivity index (χ1v) is 4.34. The molecule has 1 atom stereocenters. The molecule has 0 aliphatic carbocycles. The van der Waals surface area contributed by atoms with Crippen LogP contribution < -0.4 is 10.5 Å². The number of hydrogen-bond acceptors (Lipinski definition) is 4. The molecule has 1 aromatic carbocycles. The van der Waals surface area contributed by atoms with Crippen LogP contribution in [0.2, 0.25) is 0 Å². The molecule has 14 heavy (non-hydrogen) atoms. The number of phenolic OH excluding ortho intramolecular Hbond substituents is 1. The Balaban J connectivity index is 3.13. The molecule has 78 valence electrons. The largest absolute Gasteiger partial charge is 0.504 e. The van der Waals surface area contributed by atoms with Gasteiger partial charge in [-0.15, -0.1) is 0 Å². The number of aromatic hydroxyl groups is 1. The van der Waals surface area contributed by atoms with Gasteiger partial charge in [0.2, 0.25) is 0 Å². The fourth-order valence-electron chi connectivity index (χ4n) is 1.37. The Hall–Kier alpha value is -1.26. The summed E-state index contributed by atoms with van der Waals surface area (Å²) in [5.41, 5.74) is 7.12. The standard InChI is InChI=1S/C10H15NO3/c1-6-3-7(8(11)5-12)4-9(13)10(6)14-2/h3-4,8,12-13H,5,11H2,1-2H3. The maximum absolute atomic E-state index is 9.55. The van der Waals surface area contributed by atoms with Gasteiger partial charge in [0, 0.05) is 0 Å². The number of phenols is 1. The lowest BCUT2D eigenvalue weighted by Crippen LogP contribution is -2.14. The summed E-state index contributed by atoms with van der Waals surface area (Å²) in [4.78, 5) is 0. The zero-order valence-electron chi connectivity index (χ0n) is 8.32. The highest BCUT2D eigenvalue weighted by Crippen LogP contribution is 2.32. The van der Waals surface area contributed by atoms with Crippen LogP contribution in [-0.2, 0) is 0 Å². The van der Waals surface area contributed by atoms with Crippen LogP contribution in [0.1, 0.15) is 17.2 Å². The predicted octanol–water partition coefficient (Wildman–Crippen LogP) is 0.701. The van der Waals surface area contributed by atoms with Crippen molar-refractivity contribution in [1.82, 2.24) is 0 Å². The lowest BCUT2D eigenvalue weighted by molar-refractivity contribution is 0.267. The molecule has 0 spiro atoms. The van der Waals surface area contributed by atoms with Crippen molar-refractivity contribution in [1.29, 1.82) is 0 Å². The smallest absolute Gasteiger partial charge is 0.163 e. The lowest BCUT2D eigenvalue weighted by atomic mass is 10.0. The molecule has 0 bridgehead atoms. The van der Waals surface area contributed by atoms with Crippen molar-refractivity contribution in [2.24, 2.45) is 5.73 Å². The molecule has 0 heterocycles. The molecule has 0 radical (unpaired) electrons. The molecular weight excluding hydrogens is 182 g/mol. The van der Waals surface area contributed by atoms with Gasteiger partial charge in [0.1, 0.15) is 0 Å². The summed E-state index contributed by atoms with van der Waals surface area (Å²) < 4.78 is 4.99. The number of benzene rings is 1. The van der Waals surface area contributed by atoms with Crippen LogP contribution in [0.4, 0.5) is 0 Å².